The third-order valence-electron chi connectivity index (χ3n) is 12.1. The van der Waals surface area contributed by atoms with Gasteiger partial charge in [-0.1, -0.05) is 170 Å². The molecule has 0 aliphatic rings. The lowest BCUT2D eigenvalue weighted by atomic mass is 9.62. The molecule has 7 rings (SSSR count). The Hall–Kier alpha value is -7.44. The van der Waals surface area contributed by atoms with Crippen molar-refractivity contribution in [2.45, 2.75) is 52.4 Å². The molecule has 0 atom stereocenters. The fraction of sp³-hybridized carbons (Fsp3) is 0.143. The van der Waals surface area contributed by atoms with Gasteiger partial charge in [-0.3, -0.25) is 28.8 Å². The van der Waals surface area contributed by atoms with Gasteiger partial charge in [0.25, 0.3) is 0 Å². The maximum atomic E-state index is 12.5. The van der Waals surface area contributed by atoms with E-state index in [9.17, 15) is 28.8 Å². The van der Waals surface area contributed by atoms with Crippen LogP contribution in [0.1, 0.15) is 148 Å². The molecule has 7 aromatic rings. The van der Waals surface area contributed by atoms with Gasteiger partial charge in [0.15, 0.2) is 34.7 Å². The second kappa shape index (κ2) is 17.3. The number of Topliss-reactive ketones (excluding diaryl/α,β-unsaturated/α-hetero) is 6. The van der Waals surface area contributed by atoms with Gasteiger partial charge in [-0.05, 0) is 86.1 Å². The lowest BCUT2D eigenvalue weighted by molar-refractivity contribution is 0.100. The van der Waals surface area contributed by atoms with Crippen LogP contribution in [-0.4, -0.2) is 34.7 Å². The van der Waals surface area contributed by atoms with Crippen LogP contribution in [0.5, 0.6) is 0 Å². The SMILES string of the molecule is CC(=O)c1ccc(C(c2ccc(C(C)=O)cc2)(c2ccc(C(C)=O)cc2)c2ccc(C(c3ccc(C(C)=O)cc3)(c3ccc(C(C)=O)cc3)c3ccc(C(C)=O)cc3)cc2)cc1. The van der Waals surface area contributed by atoms with Gasteiger partial charge in [-0.2, -0.15) is 0 Å². The van der Waals surface area contributed by atoms with Crippen LogP contribution < -0.4 is 0 Å². The van der Waals surface area contributed by atoms with Crippen molar-refractivity contribution in [2.75, 3.05) is 0 Å². The van der Waals surface area contributed by atoms with Gasteiger partial charge in [0.1, 0.15) is 0 Å². The number of carbonyl (C=O) groups is 6. The van der Waals surface area contributed by atoms with E-state index >= 15 is 0 Å². The molecule has 0 saturated carbocycles. The Morgan fingerprint density at radius 3 is 0.403 bits per heavy atom. The Labute approximate surface area is 362 Å². The minimum absolute atomic E-state index is 0.0662. The van der Waals surface area contributed by atoms with Crippen molar-refractivity contribution in [3.63, 3.8) is 0 Å². The van der Waals surface area contributed by atoms with E-state index in [0.717, 1.165) is 44.5 Å². The van der Waals surface area contributed by atoms with Crippen LogP contribution in [0.4, 0.5) is 0 Å². The van der Waals surface area contributed by atoms with E-state index < -0.39 is 10.8 Å². The Bertz CT molecular complexity index is 2350. The van der Waals surface area contributed by atoms with Crippen molar-refractivity contribution >= 4 is 34.7 Å². The molecule has 0 spiro atoms. The molecule has 0 aliphatic carbocycles. The quantitative estimate of drug-likeness (QED) is 0.0800. The van der Waals surface area contributed by atoms with Gasteiger partial charge in [-0.15, -0.1) is 0 Å². The molecule has 6 heteroatoms. The number of hydrogen-bond acceptors (Lipinski definition) is 6. The summed E-state index contributed by atoms with van der Waals surface area (Å²) in [6, 6.07) is 53.6. The van der Waals surface area contributed by atoms with Crippen LogP contribution in [0.25, 0.3) is 0 Å². The summed E-state index contributed by atoms with van der Waals surface area (Å²) in [5.74, 6) is -0.397. The number of hydrogen-bond donors (Lipinski definition) is 0. The van der Waals surface area contributed by atoms with Gasteiger partial charge in [0, 0.05) is 33.4 Å². The molecule has 0 heterocycles. The highest BCUT2D eigenvalue weighted by atomic mass is 16.1. The molecule has 6 nitrogen and oxygen atoms in total. The van der Waals surface area contributed by atoms with Crippen LogP contribution in [0, 0.1) is 0 Å². The molecule has 0 aliphatic heterocycles. The summed E-state index contributed by atoms with van der Waals surface area (Å²) >= 11 is 0. The first-order chi connectivity index (χ1) is 29.7. The van der Waals surface area contributed by atoms with Crippen molar-refractivity contribution in [1.82, 2.24) is 0 Å². The minimum Gasteiger partial charge on any atom is -0.295 e. The Kier molecular flexibility index (Phi) is 11.9. The highest BCUT2D eigenvalue weighted by molar-refractivity contribution is 5.97. The number of rotatable bonds is 14. The summed E-state index contributed by atoms with van der Waals surface area (Å²) < 4.78 is 0. The van der Waals surface area contributed by atoms with Crippen LogP contribution in [0.2, 0.25) is 0 Å². The maximum Gasteiger partial charge on any atom is 0.159 e. The summed E-state index contributed by atoms with van der Waals surface area (Å²) in [6.45, 7) is 9.19. The van der Waals surface area contributed by atoms with E-state index in [1.807, 2.05) is 146 Å². The second-order valence-corrected chi connectivity index (χ2v) is 15.9. The van der Waals surface area contributed by atoms with Gasteiger partial charge >= 0.3 is 0 Å². The molecule has 0 aromatic heterocycles. The molecular formula is C56H46O6. The molecule has 0 saturated heterocycles. The first kappa shape index (κ1) is 42.7. The lowest BCUT2D eigenvalue weighted by Crippen LogP contribution is -2.33. The molecule has 0 fully saturated rings. The highest BCUT2D eigenvalue weighted by Crippen LogP contribution is 2.49. The third kappa shape index (κ3) is 7.72. The van der Waals surface area contributed by atoms with Crippen LogP contribution in [0.3, 0.4) is 0 Å². The summed E-state index contributed by atoms with van der Waals surface area (Å²) in [7, 11) is 0. The van der Waals surface area contributed by atoms with E-state index in [4.69, 9.17) is 0 Å². The van der Waals surface area contributed by atoms with Crippen molar-refractivity contribution in [2.24, 2.45) is 0 Å². The zero-order chi connectivity index (χ0) is 44.3. The second-order valence-electron chi connectivity index (χ2n) is 15.9. The highest BCUT2D eigenvalue weighted by Gasteiger charge is 2.42. The van der Waals surface area contributed by atoms with E-state index in [2.05, 4.69) is 24.3 Å². The number of ketones is 6. The van der Waals surface area contributed by atoms with Crippen molar-refractivity contribution < 1.29 is 28.8 Å². The fourth-order valence-electron chi connectivity index (χ4n) is 8.70. The average Bonchev–Trinajstić information content (AvgIpc) is 3.28. The van der Waals surface area contributed by atoms with Gasteiger partial charge in [0.05, 0.1) is 10.8 Å². The number of benzene rings is 7. The predicted octanol–water partition coefficient (Wildman–Crippen LogP) is 11.7. The summed E-state index contributed by atoms with van der Waals surface area (Å²) in [5, 5.41) is 0. The molecular weight excluding hydrogens is 769 g/mol. The Balaban J connectivity index is 1.57. The van der Waals surface area contributed by atoms with Gasteiger partial charge in [0.2, 0.25) is 0 Å². The largest absolute Gasteiger partial charge is 0.295 e. The van der Waals surface area contributed by atoms with Crippen LogP contribution in [0.15, 0.2) is 170 Å². The van der Waals surface area contributed by atoms with Crippen molar-refractivity contribution in [1.29, 1.82) is 0 Å². The Morgan fingerprint density at radius 2 is 0.306 bits per heavy atom. The maximum absolute atomic E-state index is 12.5. The monoisotopic (exact) mass is 814 g/mol. The summed E-state index contributed by atoms with van der Waals surface area (Å²) in [5.41, 5.74) is 8.17. The normalized spacial score (nSPS) is 11.5. The van der Waals surface area contributed by atoms with Crippen LogP contribution in [-0.2, 0) is 10.8 Å². The first-order valence-electron chi connectivity index (χ1n) is 20.5. The Morgan fingerprint density at radius 1 is 0.210 bits per heavy atom. The summed E-state index contributed by atoms with van der Waals surface area (Å²) in [6.07, 6.45) is 0. The van der Waals surface area contributed by atoms with E-state index in [1.165, 1.54) is 41.5 Å². The smallest absolute Gasteiger partial charge is 0.159 e. The standard InChI is InChI=1S/C56H46O6/c1-35(57)41-7-19-47(20-8-41)55(48-21-9-42(10-22-48)36(2)58,49-23-11-43(12-24-49)37(3)59)53-31-33-54(34-32-53)56(50-25-13-44(14-26-50)38(4)60,51-27-15-45(16-28-51)39(5)61)52-29-17-46(18-30-52)40(6)62/h7-34H,1-6H3. The van der Waals surface area contributed by atoms with Crippen molar-refractivity contribution in [3.05, 3.63) is 248 Å². The van der Waals surface area contributed by atoms with Gasteiger partial charge < -0.3 is 0 Å². The zero-order valence-electron chi connectivity index (χ0n) is 35.6. The molecule has 0 amide bonds. The van der Waals surface area contributed by atoms with E-state index in [-0.39, 0.29) is 34.7 Å². The molecule has 0 radical (unpaired) electrons. The first-order valence-corrected chi connectivity index (χ1v) is 20.5. The minimum atomic E-state index is -1.02. The third-order valence-corrected chi connectivity index (χ3v) is 12.1. The molecule has 306 valence electrons. The topological polar surface area (TPSA) is 102 Å². The summed E-state index contributed by atoms with van der Waals surface area (Å²) in [4.78, 5) is 75.3. The van der Waals surface area contributed by atoms with Crippen molar-refractivity contribution in [3.8, 4) is 0 Å². The molecule has 0 bridgehead atoms. The molecule has 62 heavy (non-hydrogen) atoms. The van der Waals surface area contributed by atoms with Gasteiger partial charge in [-0.25, -0.2) is 0 Å². The van der Waals surface area contributed by atoms with Crippen LogP contribution >= 0.6 is 0 Å². The zero-order valence-corrected chi connectivity index (χ0v) is 35.6. The van der Waals surface area contributed by atoms with E-state index in [0.29, 0.717) is 33.4 Å². The average molecular weight is 815 g/mol. The van der Waals surface area contributed by atoms with E-state index in [1.54, 1.807) is 0 Å². The molecule has 7 aromatic carbocycles. The fourth-order valence-corrected chi connectivity index (χ4v) is 8.70. The molecule has 0 N–H and O–H groups in total. The molecule has 0 unspecified atom stereocenters. The number of carbonyl (C=O) groups excluding carboxylic acids is 6. The lowest BCUT2D eigenvalue weighted by Gasteiger charge is -2.39. The predicted molar refractivity (Wildman–Crippen MR) is 243 cm³/mol.